The minimum atomic E-state index is -0.200. The maximum atomic E-state index is 12.9. The van der Waals surface area contributed by atoms with E-state index in [9.17, 15) is 9.59 Å². The van der Waals surface area contributed by atoms with Crippen LogP contribution in [0.4, 0.5) is 0 Å². The van der Waals surface area contributed by atoms with Gasteiger partial charge in [-0.2, -0.15) is 0 Å². The lowest BCUT2D eigenvalue weighted by atomic mass is 10.1. The van der Waals surface area contributed by atoms with E-state index in [1.54, 1.807) is 25.2 Å². The highest BCUT2D eigenvalue weighted by Crippen LogP contribution is 2.20. The van der Waals surface area contributed by atoms with Gasteiger partial charge in [-0.1, -0.05) is 12.1 Å². The zero-order valence-corrected chi connectivity index (χ0v) is 17.2. The van der Waals surface area contributed by atoms with Crippen LogP contribution in [0.2, 0.25) is 0 Å². The SMILES string of the molecule is COc1ccc(CC(=O)N(Cc2cc3ccc(OC)cc3[nH]c2=O)C(C)C)cc1. The van der Waals surface area contributed by atoms with E-state index in [-0.39, 0.29) is 30.5 Å². The molecule has 1 aromatic heterocycles. The Bertz CT molecular complexity index is 1050. The predicted molar refractivity (Wildman–Crippen MR) is 114 cm³/mol. The van der Waals surface area contributed by atoms with Crippen molar-refractivity contribution in [2.45, 2.75) is 32.9 Å². The molecule has 0 atom stereocenters. The van der Waals surface area contributed by atoms with Crippen LogP contribution in [-0.2, 0) is 17.8 Å². The van der Waals surface area contributed by atoms with E-state index in [2.05, 4.69) is 4.98 Å². The number of benzene rings is 2. The van der Waals surface area contributed by atoms with Gasteiger partial charge in [0.1, 0.15) is 11.5 Å². The molecular formula is C23H26N2O4. The van der Waals surface area contributed by atoms with Crippen molar-refractivity contribution in [3.05, 3.63) is 70.0 Å². The first-order chi connectivity index (χ1) is 13.9. The standard InChI is InChI=1S/C23H26N2O4/c1-15(2)25(22(26)11-16-5-8-19(28-3)9-6-16)14-18-12-17-7-10-20(29-4)13-21(17)24-23(18)27/h5-10,12-13,15H,11,14H2,1-4H3,(H,24,27). The molecule has 0 saturated carbocycles. The first-order valence-electron chi connectivity index (χ1n) is 9.53. The molecule has 3 rings (SSSR count). The fraction of sp³-hybridized carbons (Fsp3) is 0.304. The highest BCUT2D eigenvalue weighted by Gasteiger charge is 2.19. The largest absolute Gasteiger partial charge is 0.497 e. The number of aromatic nitrogens is 1. The summed E-state index contributed by atoms with van der Waals surface area (Å²) in [5.74, 6) is 1.40. The van der Waals surface area contributed by atoms with Crippen LogP contribution < -0.4 is 15.0 Å². The summed E-state index contributed by atoms with van der Waals surface area (Å²) >= 11 is 0. The van der Waals surface area contributed by atoms with Crippen LogP contribution in [0.25, 0.3) is 10.9 Å². The van der Waals surface area contributed by atoms with Crippen LogP contribution in [0.5, 0.6) is 11.5 Å². The number of aromatic amines is 1. The van der Waals surface area contributed by atoms with Gasteiger partial charge in [0.15, 0.2) is 0 Å². The highest BCUT2D eigenvalue weighted by atomic mass is 16.5. The van der Waals surface area contributed by atoms with Crippen LogP contribution >= 0.6 is 0 Å². The molecular weight excluding hydrogens is 368 g/mol. The van der Waals surface area contributed by atoms with Crippen LogP contribution in [-0.4, -0.2) is 36.1 Å². The predicted octanol–water partition coefficient (Wildman–Crippen LogP) is 3.53. The van der Waals surface area contributed by atoms with E-state index in [1.165, 1.54) is 0 Å². The van der Waals surface area contributed by atoms with Crippen molar-refractivity contribution in [3.63, 3.8) is 0 Å². The number of H-pyrrole nitrogens is 1. The zero-order chi connectivity index (χ0) is 21.0. The first-order valence-corrected chi connectivity index (χ1v) is 9.53. The van der Waals surface area contributed by atoms with Gasteiger partial charge in [0.05, 0.1) is 32.7 Å². The second-order valence-electron chi connectivity index (χ2n) is 7.22. The third kappa shape index (κ3) is 4.77. The average Bonchev–Trinajstić information content (AvgIpc) is 2.71. The summed E-state index contributed by atoms with van der Waals surface area (Å²) in [6, 6.07) is 14.8. The second-order valence-corrected chi connectivity index (χ2v) is 7.22. The van der Waals surface area contributed by atoms with E-state index in [0.29, 0.717) is 16.8 Å². The van der Waals surface area contributed by atoms with Crippen molar-refractivity contribution in [1.29, 1.82) is 0 Å². The molecule has 0 radical (unpaired) electrons. The Kier molecular flexibility index (Phi) is 6.22. The normalized spacial score (nSPS) is 10.9. The summed E-state index contributed by atoms with van der Waals surface area (Å²) in [6.45, 7) is 4.15. The molecule has 3 aromatic rings. The molecule has 0 saturated heterocycles. The summed E-state index contributed by atoms with van der Waals surface area (Å²) in [4.78, 5) is 30.1. The molecule has 1 heterocycles. The number of rotatable bonds is 7. The smallest absolute Gasteiger partial charge is 0.253 e. The Morgan fingerprint density at radius 3 is 2.28 bits per heavy atom. The molecule has 0 aliphatic carbocycles. The van der Waals surface area contributed by atoms with Crippen molar-refractivity contribution < 1.29 is 14.3 Å². The van der Waals surface area contributed by atoms with E-state index >= 15 is 0 Å². The summed E-state index contributed by atoms with van der Waals surface area (Å²) < 4.78 is 10.4. The monoisotopic (exact) mass is 394 g/mol. The van der Waals surface area contributed by atoms with Crippen molar-refractivity contribution in [2.75, 3.05) is 14.2 Å². The maximum Gasteiger partial charge on any atom is 0.253 e. The summed E-state index contributed by atoms with van der Waals surface area (Å²) in [7, 11) is 3.19. The molecule has 1 N–H and O–H groups in total. The molecule has 2 aromatic carbocycles. The Morgan fingerprint density at radius 1 is 1.00 bits per heavy atom. The van der Waals surface area contributed by atoms with Crippen molar-refractivity contribution in [1.82, 2.24) is 9.88 Å². The van der Waals surface area contributed by atoms with Crippen LogP contribution in [0.3, 0.4) is 0 Å². The number of fused-ring (bicyclic) bond motifs is 1. The number of methoxy groups -OCH3 is 2. The number of pyridine rings is 1. The molecule has 6 nitrogen and oxygen atoms in total. The van der Waals surface area contributed by atoms with Gasteiger partial charge in [-0.05, 0) is 55.1 Å². The Labute approximate surface area is 170 Å². The third-order valence-corrected chi connectivity index (χ3v) is 4.93. The number of nitrogens with one attached hydrogen (secondary N) is 1. The minimum Gasteiger partial charge on any atom is -0.497 e. The van der Waals surface area contributed by atoms with Crippen LogP contribution in [0.15, 0.2) is 53.3 Å². The van der Waals surface area contributed by atoms with Gasteiger partial charge in [-0.25, -0.2) is 0 Å². The second kappa shape index (κ2) is 8.82. The fourth-order valence-electron chi connectivity index (χ4n) is 3.23. The molecule has 6 heteroatoms. The Morgan fingerprint density at radius 2 is 1.66 bits per heavy atom. The molecule has 0 aliphatic rings. The maximum absolute atomic E-state index is 12.9. The van der Waals surface area contributed by atoms with Gasteiger partial charge in [0.2, 0.25) is 5.91 Å². The van der Waals surface area contributed by atoms with E-state index in [0.717, 1.165) is 16.7 Å². The zero-order valence-electron chi connectivity index (χ0n) is 17.2. The molecule has 1 amide bonds. The molecule has 0 bridgehead atoms. The molecule has 0 spiro atoms. The van der Waals surface area contributed by atoms with E-state index in [4.69, 9.17) is 9.47 Å². The topological polar surface area (TPSA) is 71.6 Å². The summed E-state index contributed by atoms with van der Waals surface area (Å²) in [5.41, 5.74) is 1.97. The van der Waals surface area contributed by atoms with Gasteiger partial charge in [-0.3, -0.25) is 9.59 Å². The molecule has 29 heavy (non-hydrogen) atoms. The Balaban J connectivity index is 1.83. The average molecular weight is 394 g/mol. The molecule has 0 fully saturated rings. The lowest BCUT2D eigenvalue weighted by Gasteiger charge is -2.27. The number of hydrogen-bond donors (Lipinski definition) is 1. The number of ether oxygens (including phenoxy) is 2. The van der Waals surface area contributed by atoms with Crippen molar-refractivity contribution >= 4 is 16.8 Å². The first kappa shape index (κ1) is 20.5. The van der Waals surface area contributed by atoms with Gasteiger partial charge in [0.25, 0.3) is 5.56 Å². The quantitative estimate of drug-likeness (QED) is 0.666. The number of carbonyl (C=O) groups is 1. The number of nitrogens with zero attached hydrogens (tertiary/aromatic N) is 1. The number of carbonyl (C=O) groups excluding carboxylic acids is 1. The summed E-state index contributed by atoms with van der Waals surface area (Å²) in [5, 5.41) is 0.895. The lowest BCUT2D eigenvalue weighted by molar-refractivity contribution is -0.132. The molecule has 0 unspecified atom stereocenters. The van der Waals surface area contributed by atoms with Gasteiger partial charge >= 0.3 is 0 Å². The van der Waals surface area contributed by atoms with Gasteiger partial charge < -0.3 is 19.4 Å². The molecule has 152 valence electrons. The highest BCUT2D eigenvalue weighted by molar-refractivity contribution is 5.81. The van der Waals surface area contributed by atoms with Crippen molar-refractivity contribution in [3.8, 4) is 11.5 Å². The van der Waals surface area contributed by atoms with Crippen molar-refractivity contribution in [2.24, 2.45) is 0 Å². The minimum absolute atomic E-state index is 0.0283. The van der Waals surface area contributed by atoms with E-state index < -0.39 is 0 Å². The fourth-order valence-corrected chi connectivity index (χ4v) is 3.23. The summed E-state index contributed by atoms with van der Waals surface area (Å²) in [6.07, 6.45) is 0.269. The number of amides is 1. The van der Waals surface area contributed by atoms with E-state index in [1.807, 2.05) is 56.3 Å². The van der Waals surface area contributed by atoms with Crippen LogP contribution in [0, 0.1) is 0 Å². The van der Waals surface area contributed by atoms with Crippen LogP contribution in [0.1, 0.15) is 25.0 Å². The van der Waals surface area contributed by atoms with Gasteiger partial charge in [-0.15, -0.1) is 0 Å². The third-order valence-electron chi connectivity index (χ3n) is 4.93. The lowest BCUT2D eigenvalue weighted by Crippen LogP contribution is -2.38. The Hall–Kier alpha value is -3.28. The van der Waals surface area contributed by atoms with Gasteiger partial charge in [0, 0.05) is 17.7 Å². The molecule has 0 aliphatic heterocycles. The number of hydrogen-bond acceptors (Lipinski definition) is 4.